The third-order valence-electron chi connectivity index (χ3n) is 4.58. The number of esters is 2. The molecule has 1 atom stereocenters. The highest BCUT2D eigenvalue weighted by Gasteiger charge is 2.36. The van der Waals surface area contributed by atoms with E-state index >= 15 is 0 Å². The van der Waals surface area contributed by atoms with Crippen molar-refractivity contribution in [1.82, 2.24) is 0 Å². The van der Waals surface area contributed by atoms with E-state index in [9.17, 15) is 14.0 Å². The Labute approximate surface area is 172 Å². The fourth-order valence-electron chi connectivity index (χ4n) is 3.15. The molecule has 2 rings (SSSR count). The van der Waals surface area contributed by atoms with E-state index in [2.05, 4.69) is 0 Å². The van der Waals surface area contributed by atoms with Crippen LogP contribution >= 0.6 is 0 Å². The summed E-state index contributed by atoms with van der Waals surface area (Å²) in [7, 11) is 0. The van der Waals surface area contributed by atoms with Crippen LogP contribution in [0.1, 0.15) is 54.4 Å². The highest BCUT2D eigenvalue weighted by molar-refractivity contribution is 5.79. The van der Waals surface area contributed by atoms with E-state index in [1.165, 1.54) is 6.07 Å². The number of nitrogens with zero attached hydrogens (tertiary/aromatic N) is 1. The van der Waals surface area contributed by atoms with Crippen LogP contribution in [0.4, 0.5) is 10.1 Å². The molecule has 1 fully saturated rings. The van der Waals surface area contributed by atoms with Crippen molar-refractivity contribution < 1.29 is 28.2 Å². The molecule has 1 heterocycles. The summed E-state index contributed by atoms with van der Waals surface area (Å²) in [5, 5.41) is 0. The van der Waals surface area contributed by atoms with Crippen molar-refractivity contribution in [3.8, 4) is 5.75 Å². The van der Waals surface area contributed by atoms with Crippen molar-refractivity contribution in [1.29, 1.82) is 0 Å². The second-order valence-corrected chi connectivity index (χ2v) is 8.77. The van der Waals surface area contributed by atoms with Crippen molar-refractivity contribution in [2.24, 2.45) is 5.92 Å². The topological polar surface area (TPSA) is 65.1 Å². The molecule has 0 N–H and O–H groups in total. The van der Waals surface area contributed by atoms with Gasteiger partial charge in [0.15, 0.2) is 17.2 Å². The monoisotopic (exact) mass is 409 g/mol. The van der Waals surface area contributed by atoms with Crippen LogP contribution in [0.5, 0.6) is 5.75 Å². The molecule has 0 amide bonds. The first-order valence-electron chi connectivity index (χ1n) is 10.1. The van der Waals surface area contributed by atoms with Gasteiger partial charge in [-0.1, -0.05) is 0 Å². The second kappa shape index (κ2) is 9.01. The molecule has 0 unspecified atom stereocenters. The number of rotatable bonds is 6. The molecule has 29 heavy (non-hydrogen) atoms. The highest BCUT2D eigenvalue weighted by atomic mass is 19.1. The maximum absolute atomic E-state index is 14.4. The Morgan fingerprint density at radius 2 is 1.90 bits per heavy atom. The molecule has 1 aliphatic rings. The summed E-state index contributed by atoms with van der Waals surface area (Å²) in [6.07, 6.45) is 1.60. The van der Waals surface area contributed by atoms with E-state index < -0.39 is 23.0 Å². The Bertz CT molecular complexity index is 741. The quantitative estimate of drug-likeness (QED) is 0.659. The van der Waals surface area contributed by atoms with E-state index in [0.717, 1.165) is 25.1 Å². The van der Waals surface area contributed by atoms with Crippen LogP contribution in [-0.4, -0.2) is 42.8 Å². The average molecular weight is 409 g/mol. The SMILES string of the molecule is CCOC(=O)[C@@H]1CCCN(c2ccc(F)c(OC(C)(C)C(=O)OC(C)(C)C)c2)C1. The molecule has 0 spiro atoms. The molecule has 1 aromatic rings. The summed E-state index contributed by atoms with van der Waals surface area (Å²) in [4.78, 5) is 26.5. The number of hydrogen-bond donors (Lipinski definition) is 0. The molecule has 0 bridgehead atoms. The lowest BCUT2D eigenvalue weighted by atomic mass is 9.97. The van der Waals surface area contributed by atoms with Crippen LogP contribution in [0.25, 0.3) is 0 Å². The minimum atomic E-state index is -1.36. The summed E-state index contributed by atoms with van der Waals surface area (Å²) in [5.74, 6) is -1.59. The zero-order valence-electron chi connectivity index (χ0n) is 18.2. The van der Waals surface area contributed by atoms with Crippen LogP contribution in [-0.2, 0) is 19.1 Å². The second-order valence-electron chi connectivity index (χ2n) is 8.77. The normalized spacial score (nSPS) is 17.6. The van der Waals surface area contributed by atoms with Crippen molar-refractivity contribution in [3.63, 3.8) is 0 Å². The third kappa shape index (κ3) is 6.34. The zero-order chi connectivity index (χ0) is 21.8. The van der Waals surface area contributed by atoms with Gasteiger partial charge in [0, 0.05) is 24.8 Å². The molecule has 1 saturated heterocycles. The Morgan fingerprint density at radius 1 is 1.21 bits per heavy atom. The molecule has 0 aliphatic carbocycles. The Morgan fingerprint density at radius 3 is 2.52 bits per heavy atom. The van der Waals surface area contributed by atoms with E-state index in [-0.39, 0.29) is 17.6 Å². The van der Waals surface area contributed by atoms with Crippen molar-refractivity contribution >= 4 is 17.6 Å². The Kier molecular flexibility index (Phi) is 7.14. The van der Waals surface area contributed by atoms with Gasteiger partial charge in [-0.3, -0.25) is 4.79 Å². The van der Waals surface area contributed by atoms with Gasteiger partial charge in [-0.05, 0) is 66.5 Å². The maximum Gasteiger partial charge on any atom is 0.350 e. The summed E-state index contributed by atoms with van der Waals surface area (Å²) < 4.78 is 30.6. The Balaban J connectivity index is 2.17. The number of carbonyl (C=O) groups is 2. The van der Waals surface area contributed by atoms with Crippen molar-refractivity contribution in [2.45, 2.75) is 65.6 Å². The number of halogens is 1. The molecular weight excluding hydrogens is 377 g/mol. The molecule has 0 saturated carbocycles. The zero-order valence-corrected chi connectivity index (χ0v) is 18.2. The van der Waals surface area contributed by atoms with Crippen LogP contribution in [0.15, 0.2) is 18.2 Å². The first-order chi connectivity index (χ1) is 13.4. The first kappa shape index (κ1) is 23.0. The number of carbonyl (C=O) groups excluding carboxylic acids is 2. The number of anilines is 1. The number of hydrogen-bond acceptors (Lipinski definition) is 6. The molecule has 7 heteroatoms. The number of piperidine rings is 1. The lowest BCUT2D eigenvalue weighted by Gasteiger charge is -2.34. The molecule has 1 aliphatic heterocycles. The fraction of sp³-hybridized carbons (Fsp3) is 0.636. The summed E-state index contributed by atoms with van der Waals surface area (Å²) in [5.41, 5.74) is -1.30. The lowest BCUT2D eigenvalue weighted by molar-refractivity contribution is -0.171. The number of ether oxygens (including phenoxy) is 3. The summed E-state index contributed by atoms with van der Waals surface area (Å²) >= 11 is 0. The Hall–Kier alpha value is -2.31. The lowest BCUT2D eigenvalue weighted by Crippen LogP contribution is -2.43. The smallest absolute Gasteiger partial charge is 0.350 e. The minimum Gasteiger partial charge on any atom is -0.473 e. The standard InChI is InChI=1S/C22H32FNO5/c1-7-27-19(25)15-9-8-12-24(14-15)16-10-11-17(23)18(13-16)28-22(5,6)20(26)29-21(2,3)4/h10-11,13,15H,7-9,12,14H2,1-6H3/t15-/m1/s1. The highest BCUT2D eigenvalue weighted by Crippen LogP contribution is 2.31. The van der Waals surface area contributed by atoms with Crippen molar-refractivity contribution in [3.05, 3.63) is 24.0 Å². The van der Waals surface area contributed by atoms with E-state index in [0.29, 0.717) is 13.2 Å². The third-order valence-corrected chi connectivity index (χ3v) is 4.58. The van der Waals surface area contributed by atoms with Gasteiger partial charge in [0.1, 0.15) is 5.60 Å². The van der Waals surface area contributed by atoms with Gasteiger partial charge >= 0.3 is 11.9 Å². The predicted molar refractivity (Wildman–Crippen MR) is 109 cm³/mol. The van der Waals surface area contributed by atoms with Crippen molar-refractivity contribution in [2.75, 3.05) is 24.6 Å². The molecule has 0 radical (unpaired) electrons. The minimum absolute atomic E-state index is 0.0309. The van der Waals surface area contributed by atoms with Gasteiger partial charge in [-0.25, -0.2) is 9.18 Å². The largest absolute Gasteiger partial charge is 0.473 e. The van der Waals surface area contributed by atoms with Gasteiger partial charge in [0.25, 0.3) is 0 Å². The van der Waals surface area contributed by atoms with Gasteiger partial charge in [-0.2, -0.15) is 0 Å². The predicted octanol–water partition coefficient (Wildman–Crippen LogP) is 4.10. The van der Waals surface area contributed by atoms with Crippen LogP contribution in [0.3, 0.4) is 0 Å². The summed E-state index contributed by atoms with van der Waals surface area (Å²) in [6, 6.07) is 4.52. The summed E-state index contributed by atoms with van der Waals surface area (Å²) in [6.45, 7) is 11.8. The van der Waals surface area contributed by atoms with E-state index in [1.807, 2.05) is 4.90 Å². The molecule has 0 aromatic heterocycles. The molecular formula is C22H32FNO5. The van der Waals surface area contributed by atoms with E-state index in [4.69, 9.17) is 14.2 Å². The molecule has 6 nitrogen and oxygen atoms in total. The average Bonchev–Trinajstić information content (AvgIpc) is 2.62. The maximum atomic E-state index is 14.4. The van der Waals surface area contributed by atoms with Gasteiger partial charge < -0.3 is 19.1 Å². The molecule has 162 valence electrons. The van der Waals surface area contributed by atoms with Crippen LogP contribution in [0, 0.1) is 11.7 Å². The van der Waals surface area contributed by atoms with Crippen LogP contribution < -0.4 is 9.64 Å². The van der Waals surface area contributed by atoms with Crippen LogP contribution in [0.2, 0.25) is 0 Å². The molecule has 1 aromatic carbocycles. The van der Waals surface area contributed by atoms with Gasteiger partial charge in [0.05, 0.1) is 12.5 Å². The van der Waals surface area contributed by atoms with E-state index in [1.54, 1.807) is 53.7 Å². The van der Waals surface area contributed by atoms with Gasteiger partial charge in [-0.15, -0.1) is 0 Å². The first-order valence-corrected chi connectivity index (χ1v) is 10.1. The fourth-order valence-corrected chi connectivity index (χ4v) is 3.15. The van der Waals surface area contributed by atoms with Gasteiger partial charge in [0.2, 0.25) is 0 Å². The number of benzene rings is 1.